The molecule has 17 heavy (non-hydrogen) atoms. The van der Waals surface area contributed by atoms with Crippen LogP contribution in [0.15, 0.2) is 18.2 Å². The molecule has 1 aromatic rings. The molecule has 0 atom stereocenters. The average molecular weight is 238 g/mol. The number of hydrogen-bond acceptors (Lipinski definition) is 4. The lowest BCUT2D eigenvalue weighted by atomic mass is 10.1. The zero-order valence-corrected chi connectivity index (χ0v) is 11.0. The van der Waals surface area contributed by atoms with Gasteiger partial charge < -0.3 is 20.5 Å². The summed E-state index contributed by atoms with van der Waals surface area (Å²) in [6.07, 6.45) is 0. The van der Waals surface area contributed by atoms with Crippen molar-refractivity contribution in [2.24, 2.45) is 0 Å². The van der Waals surface area contributed by atoms with Crippen molar-refractivity contribution < 1.29 is 9.47 Å². The summed E-state index contributed by atoms with van der Waals surface area (Å²) in [5.74, 6) is 0.714. The highest BCUT2D eigenvalue weighted by Crippen LogP contribution is 2.31. The second-order valence-corrected chi connectivity index (χ2v) is 4.59. The van der Waals surface area contributed by atoms with Crippen LogP contribution >= 0.6 is 0 Å². The van der Waals surface area contributed by atoms with E-state index in [9.17, 15) is 0 Å². The number of ether oxygens (including phenoxy) is 2. The maximum absolute atomic E-state index is 6.04. The molecule has 0 spiro atoms. The lowest BCUT2D eigenvalue weighted by molar-refractivity contribution is 0.158. The number of para-hydroxylation sites is 1. The zero-order valence-electron chi connectivity index (χ0n) is 11.0. The molecule has 0 radical (unpaired) electrons. The van der Waals surface area contributed by atoms with Crippen molar-refractivity contribution in [3.8, 4) is 5.75 Å². The van der Waals surface area contributed by atoms with Gasteiger partial charge in [0.05, 0.1) is 30.1 Å². The van der Waals surface area contributed by atoms with E-state index >= 15 is 0 Å². The second-order valence-electron chi connectivity index (χ2n) is 4.59. The lowest BCUT2D eigenvalue weighted by Gasteiger charge is -2.27. The normalized spacial score (nSPS) is 11.3. The fraction of sp³-hybridized carbons (Fsp3) is 0.538. The van der Waals surface area contributed by atoms with Crippen molar-refractivity contribution >= 4 is 11.4 Å². The summed E-state index contributed by atoms with van der Waals surface area (Å²) in [6.45, 7) is 7.27. The first kappa shape index (κ1) is 13.6. The van der Waals surface area contributed by atoms with Gasteiger partial charge in [0.2, 0.25) is 0 Å². The van der Waals surface area contributed by atoms with Crippen LogP contribution in [0.25, 0.3) is 0 Å². The molecule has 96 valence electrons. The molecule has 0 saturated heterocycles. The summed E-state index contributed by atoms with van der Waals surface area (Å²) >= 11 is 0. The van der Waals surface area contributed by atoms with Gasteiger partial charge in [-0.25, -0.2) is 0 Å². The summed E-state index contributed by atoms with van der Waals surface area (Å²) in [6, 6.07) is 5.73. The number of nitrogens with one attached hydrogen (secondary N) is 1. The largest absolute Gasteiger partial charge is 0.492 e. The predicted octanol–water partition coefficient (Wildman–Crippen LogP) is 2.50. The van der Waals surface area contributed by atoms with Gasteiger partial charge in [0.1, 0.15) is 5.75 Å². The van der Waals surface area contributed by atoms with Crippen molar-refractivity contribution in [2.45, 2.75) is 26.3 Å². The third-order valence-corrected chi connectivity index (χ3v) is 2.34. The van der Waals surface area contributed by atoms with Gasteiger partial charge >= 0.3 is 0 Å². The van der Waals surface area contributed by atoms with Gasteiger partial charge in [0.25, 0.3) is 0 Å². The van der Waals surface area contributed by atoms with Gasteiger partial charge in [-0.05, 0) is 32.9 Å². The topological polar surface area (TPSA) is 56.5 Å². The number of rotatable bonds is 6. The lowest BCUT2D eigenvalue weighted by Crippen LogP contribution is -2.36. The molecule has 0 aliphatic carbocycles. The van der Waals surface area contributed by atoms with Crippen molar-refractivity contribution in [2.75, 3.05) is 31.4 Å². The SMILES string of the molecule is CCOc1cccc(NC(C)(C)COC)c1N. The standard InChI is InChI=1S/C13H22N2O2/c1-5-17-11-8-6-7-10(12(11)14)15-13(2,3)9-16-4/h6-8,15H,5,9,14H2,1-4H3. The molecular weight excluding hydrogens is 216 g/mol. The summed E-state index contributed by atoms with van der Waals surface area (Å²) in [5.41, 5.74) is 7.38. The highest BCUT2D eigenvalue weighted by Gasteiger charge is 2.19. The molecule has 0 aliphatic rings. The first-order valence-corrected chi connectivity index (χ1v) is 5.78. The van der Waals surface area contributed by atoms with E-state index in [0.717, 1.165) is 5.69 Å². The van der Waals surface area contributed by atoms with E-state index in [2.05, 4.69) is 19.2 Å². The molecule has 0 aromatic heterocycles. The van der Waals surface area contributed by atoms with Crippen LogP contribution < -0.4 is 15.8 Å². The number of nitrogen functional groups attached to an aromatic ring is 1. The molecule has 0 unspecified atom stereocenters. The Morgan fingerprint density at radius 2 is 2.06 bits per heavy atom. The van der Waals surface area contributed by atoms with Crippen LogP contribution in [0, 0.1) is 0 Å². The minimum atomic E-state index is -0.173. The molecule has 1 rings (SSSR count). The summed E-state index contributed by atoms with van der Waals surface area (Å²) < 4.78 is 10.6. The van der Waals surface area contributed by atoms with Crippen LogP contribution in [-0.4, -0.2) is 25.9 Å². The molecule has 0 amide bonds. The van der Waals surface area contributed by atoms with Crippen LogP contribution in [0.2, 0.25) is 0 Å². The molecular formula is C13H22N2O2. The summed E-state index contributed by atoms with van der Waals surface area (Å²) in [5, 5.41) is 3.36. The molecule has 1 aromatic carbocycles. The van der Waals surface area contributed by atoms with Crippen LogP contribution in [-0.2, 0) is 4.74 Å². The van der Waals surface area contributed by atoms with E-state index in [1.165, 1.54) is 0 Å². The fourth-order valence-corrected chi connectivity index (χ4v) is 1.70. The molecule has 3 N–H and O–H groups in total. The van der Waals surface area contributed by atoms with Gasteiger partial charge in [-0.2, -0.15) is 0 Å². The van der Waals surface area contributed by atoms with Crippen LogP contribution in [0.5, 0.6) is 5.75 Å². The molecule has 4 heteroatoms. The van der Waals surface area contributed by atoms with Crippen molar-refractivity contribution in [3.63, 3.8) is 0 Å². The quantitative estimate of drug-likeness (QED) is 0.748. The Hall–Kier alpha value is -1.42. The average Bonchev–Trinajstić information content (AvgIpc) is 2.24. The number of methoxy groups -OCH3 is 1. The highest BCUT2D eigenvalue weighted by molar-refractivity contribution is 5.73. The first-order valence-electron chi connectivity index (χ1n) is 5.78. The molecule has 4 nitrogen and oxygen atoms in total. The molecule has 0 heterocycles. The van der Waals surface area contributed by atoms with Crippen LogP contribution in [0.4, 0.5) is 11.4 Å². The molecule has 0 saturated carbocycles. The van der Waals surface area contributed by atoms with E-state index in [1.807, 2.05) is 25.1 Å². The van der Waals surface area contributed by atoms with Gasteiger partial charge in [-0.15, -0.1) is 0 Å². The highest BCUT2D eigenvalue weighted by atomic mass is 16.5. The minimum absolute atomic E-state index is 0.173. The molecule has 0 aliphatic heterocycles. The Morgan fingerprint density at radius 1 is 1.35 bits per heavy atom. The third-order valence-electron chi connectivity index (χ3n) is 2.34. The van der Waals surface area contributed by atoms with Crippen molar-refractivity contribution in [3.05, 3.63) is 18.2 Å². The van der Waals surface area contributed by atoms with E-state index < -0.39 is 0 Å². The maximum Gasteiger partial charge on any atom is 0.144 e. The van der Waals surface area contributed by atoms with Crippen LogP contribution in [0.1, 0.15) is 20.8 Å². The first-order chi connectivity index (χ1) is 8.00. The van der Waals surface area contributed by atoms with E-state index in [-0.39, 0.29) is 5.54 Å². The van der Waals surface area contributed by atoms with Gasteiger partial charge in [0.15, 0.2) is 0 Å². The van der Waals surface area contributed by atoms with Gasteiger partial charge in [0, 0.05) is 7.11 Å². The Bertz CT molecular complexity index is 364. The number of anilines is 2. The Kier molecular flexibility index (Phi) is 4.63. The molecule has 0 bridgehead atoms. The van der Waals surface area contributed by atoms with Crippen molar-refractivity contribution in [1.29, 1.82) is 0 Å². The predicted molar refractivity (Wildman–Crippen MR) is 71.6 cm³/mol. The molecule has 0 fully saturated rings. The summed E-state index contributed by atoms with van der Waals surface area (Å²) in [7, 11) is 1.68. The number of hydrogen-bond donors (Lipinski definition) is 2. The maximum atomic E-state index is 6.04. The van der Waals surface area contributed by atoms with Gasteiger partial charge in [-0.3, -0.25) is 0 Å². The number of nitrogens with two attached hydrogens (primary N) is 1. The van der Waals surface area contributed by atoms with Crippen molar-refractivity contribution in [1.82, 2.24) is 0 Å². The Morgan fingerprint density at radius 3 is 2.65 bits per heavy atom. The van der Waals surface area contributed by atoms with Crippen LogP contribution in [0.3, 0.4) is 0 Å². The Labute approximate surface area is 103 Å². The monoisotopic (exact) mass is 238 g/mol. The van der Waals surface area contributed by atoms with E-state index in [1.54, 1.807) is 7.11 Å². The smallest absolute Gasteiger partial charge is 0.144 e. The van der Waals surface area contributed by atoms with E-state index in [4.69, 9.17) is 15.2 Å². The third kappa shape index (κ3) is 3.82. The fourth-order valence-electron chi connectivity index (χ4n) is 1.70. The summed E-state index contributed by atoms with van der Waals surface area (Å²) in [4.78, 5) is 0. The zero-order chi connectivity index (χ0) is 12.9. The Balaban J connectivity index is 2.87. The number of benzene rings is 1. The van der Waals surface area contributed by atoms with E-state index in [0.29, 0.717) is 24.7 Å². The minimum Gasteiger partial charge on any atom is -0.492 e. The van der Waals surface area contributed by atoms with Gasteiger partial charge in [-0.1, -0.05) is 6.07 Å². The second kappa shape index (κ2) is 5.77.